The summed E-state index contributed by atoms with van der Waals surface area (Å²) in [5, 5.41) is 1.64. The first-order valence-electron chi connectivity index (χ1n) is 8.52. The van der Waals surface area contributed by atoms with E-state index >= 15 is 0 Å². The average molecular weight is 419 g/mol. The van der Waals surface area contributed by atoms with Gasteiger partial charge in [-0.05, 0) is 35.9 Å². The monoisotopic (exact) mass is 418 g/mol. The van der Waals surface area contributed by atoms with Crippen molar-refractivity contribution in [2.45, 2.75) is 17.5 Å². The Labute approximate surface area is 171 Å². The number of hydrogen-bond acceptors (Lipinski definition) is 6. The van der Waals surface area contributed by atoms with Gasteiger partial charge in [-0.3, -0.25) is 9.36 Å². The van der Waals surface area contributed by atoms with E-state index in [4.69, 9.17) is 21.1 Å². The van der Waals surface area contributed by atoms with Crippen LogP contribution in [0.2, 0.25) is 5.02 Å². The highest BCUT2D eigenvalue weighted by atomic mass is 35.5. The van der Waals surface area contributed by atoms with E-state index in [1.54, 1.807) is 42.0 Å². The number of hydrogen-bond donors (Lipinski definition) is 0. The predicted octanol–water partition coefficient (Wildman–Crippen LogP) is 3.78. The topological polar surface area (TPSA) is 70.4 Å². The summed E-state index contributed by atoms with van der Waals surface area (Å²) in [4.78, 5) is 29.1. The largest absolute Gasteiger partial charge is 0.465 e. The molecule has 28 heavy (non-hydrogen) atoms. The number of aromatic nitrogens is 2. The van der Waals surface area contributed by atoms with Gasteiger partial charge in [-0.25, -0.2) is 9.78 Å². The Morgan fingerprint density at radius 3 is 2.61 bits per heavy atom. The zero-order valence-electron chi connectivity index (χ0n) is 15.5. The number of rotatable bonds is 7. The summed E-state index contributed by atoms with van der Waals surface area (Å²) in [5.41, 5.74) is 1.93. The van der Waals surface area contributed by atoms with Crippen LogP contribution in [-0.2, 0) is 21.8 Å². The van der Waals surface area contributed by atoms with Crippen LogP contribution in [-0.4, -0.2) is 36.3 Å². The lowest BCUT2D eigenvalue weighted by Gasteiger charge is -2.13. The zero-order valence-corrected chi connectivity index (χ0v) is 17.0. The van der Waals surface area contributed by atoms with Gasteiger partial charge in [-0.1, -0.05) is 35.5 Å². The van der Waals surface area contributed by atoms with Gasteiger partial charge in [0.1, 0.15) is 0 Å². The Hall–Kier alpha value is -2.35. The summed E-state index contributed by atoms with van der Waals surface area (Å²) in [6.07, 6.45) is 0. The molecule has 0 aliphatic rings. The van der Waals surface area contributed by atoms with Gasteiger partial charge in [0.15, 0.2) is 5.16 Å². The minimum Gasteiger partial charge on any atom is -0.465 e. The van der Waals surface area contributed by atoms with E-state index in [-0.39, 0.29) is 11.5 Å². The molecule has 0 radical (unpaired) electrons. The summed E-state index contributed by atoms with van der Waals surface area (Å²) in [7, 11) is 2.94. The molecule has 8 heteroatoms. The second-order valence-electron chi connectivity index (χ2n) is 5.98. The number of halogens is 1. The molecule has 2 aromatic carbocycles. The van der Waals surface area contributed by atoms with Gasteiger partial charge in [-0.2, -0.15) is 0 Å². The first kappa shape index (κ1) is 20.4. The number of thioether (sulfide) groups is 1. The van der Waals surface area contributed by atoms with E-state index < -0.39 is 0 Å². The van der Waals surface area contributed by atoms with Crippen LogP contribution < -0.4 is 5.56 Å². The van der Waals surface area contributed by atoms with Crippen molar-refractivity contribution in [3.05, 3.63) is 69.0 Å². The van der Waals surface area contributed by atoms with Crippen LogP contribution in [0.25, 0.3) is 10.9 Å². The molecule has 3 aromatic rings. The van der Waals surface area contributed by atoms with E-state index in [9.17, 15) is 9.59 Å². The SMILES string of the molecule is COCCn1c(SCc2ccc(C(=O)OC)cc2)nc2cc(Cl)ccc2c1=O. The summed E-state index contributed by atoms with van der Waals surface area (Å²) < 4.78 is 11.5. The molecule has 0 aliphatic heterocycles. The highest BCUT2D eigenvalue weighted by molar-refractivity contribution is 7.98. The lowest BCUT2D eigenvalue weighted by molar-refractivity contribution is 0.0600. The highest BCUT2D eigenvalue weighted by Gasteiger charge is 2.13. The fraction of sp³-hybridized carbons (Fsp3) is 0.250. The summed E-state index contributed by atoms with van der Waals surface area (Å²) >= 11 is 7.50. The molecule has 0 unspecified atom stereocenters. The van der Waals surface area contributed by atoms with Crippen LogP contribution in [0.1, 0.15) is 15.9 Å². The van der Waals surface area contributed by atoms with Crippen molar-refractivity contribution < 1.29 is 14.3 Å². The first-order valence-corrected chi connectivity index (χ1v) is 9.89. The molecule has 0 spiro atoms. The molecule has 6 nitrogen and oxygen atoms in total. The predicted molar refractivity (Wildman–Crippen MR) is 110 cm³/mol. The summed E-state index contributed by atoms with van der Waals surface area (Å²) in [6.45, 7) is 0.812. The molecule has 0 atom stereocenters. The van der Waals surface area contributed by atoms with Gasteiger partial charge < -0.3 is 9.47 Å². The smallest absolute Gasteiger partial charge is 0.337 e. The van der Waals surface area contributed by atoms with E-state index in [1.807, 2.05) is 12.1 Å². The maximum Gasteiger partial charge on any atom is 0.337 e. The molecule has 0 saturated carbocycles. The Bertz CT molecular complexity index is 1050. The Balaban J connectivity index is 1.90. The number of esters is 1. The number of benzene rings is 2. The van der Waals surface area contributed by atoms with E-state index in [2.05, 4.69) is 4.98 Å². The molecule has 0 N–H and O–H groups in total. The minimum atomic E-state index is -0.374. The van der Waals surface area contributed by atoms with Crippen molar-refractivity contribution in [2.24, 2.45) is 0 Å². The molecule has 0 fully saturated rings. The minimum absolute atomic E-state index is 0.123. The number of nitrogens with zero attached hydrogens (tertiary/aromatic N) is 2. The van der Waals surface area contributed by atoms with E-state index in [0.29, 0.717) is 45.5 Å². The number of methoxy groups -OCH3 is 2. The number of fused-ring (bicyclic) bond motifs is 1. The van der Waals surface area contributed by atoms with Gasteiger partial charge in [0, 0.05) is 17.9 Å². The first-order chi connectivity index (χ1) is 13.5. The van der Waals surface area contributed by atoms with Gasteiger partial charge in [0.05, 0.1) is 36.7 Å². The maximum absolute atomic E-state index is 12.9. The van der Waals surface area contributed by atoms with Crippen molar-refractivity contribution in [3.63, 3.8) is 0 Å². The fourth-order valence-electron chi connectivity index (χ4n) is 2.67. The van der Waals surface area contributed by atoms with E-state index in [1.165, 1.54) is 18.9 Å². The number of carbonyl (C=O) groups is 1. The molecule has 0 amide bonds. The molecular formula is C20H19ClN2O4S. The van der Waals surface area contributed by atoms with Crippen molar-refractivity contribution in [1.82, 2.24) is 9.55 Å². The van der Waals surface area contributed by atoms with Crippen LogP contribution in [0.3, 0.4) is 0 Å². The van der Waals surface area contributed by atoms with Crippen LogP contribution in [0.4, 0.5) is 0 Å². The molecule has 1 heterocycles. The molecule has 0 bridgehead atoms. The van der Waals surface area contributed by atoms with Gasteiger partial charge >= 0.3 is 5.97 Å². The second-order valence-corrected chi connectivity index (χ2v) is 7.36. The van der Waals surface area contributed by atoms with Gasteiger partial charge in [0.2, 0.25) is 0 Å². The van der Waals surface area contributed by atoms with Crippen molar-refractivity contribution >= 4 is 40.2 Å². The zero-order chi connectivity index (χ0) is 20.1. The molecule has 1 aromatic heterocycles. The third-order valence-electron chi connectivity index (χ3n) is 4.14. The summed E-state index contributed by atoms with van der Waals surface area (Å²) in [6, 6.07) is 12.2. The Morgan fingerprint density at radius 2 is 1.93 bits per heavy atom. The Morgan fingerprint density at radius 1 is 1.18 bits per heavy atom. The normalized spacial score (nSPS) is 11.0. The van der Waals surface area contributed by atoms with Gasteiger partial charge in [-0.15, -0.1) is 0 Å². The quantitative estimate of drug-likeness (QED) is 0.330. The number of ether oxygens (including phenoxy) is 2. The lowest BCUT2D eigenvalue weighted by Crippen LogP contribution is -2.25. The van der Waals surface area contributed by atoms with Crippen LogP contribution >= 0.6 is 23.4 Å². The third-order valence-corrected chi connectivity index (χ3v) is 5.43. The fourth-order valence-corrected chi connectivity index (χ4v) is 3.81. The number of carbonyl (C=O) groups excluding carboxylic acids is 1. The van der Waals surface area contributed by atoms with Crippen LogP contribution in [0, 0.1) is 0 Å². The Kier molecular flexibility index (Phi) is 6.72. The third kappa shape index (κ3) is 4.55. The maximum atomic E-state index is 12.9. The van der Waals surface area contributed by atoms with Crippen LogP contribution in [0.5, 0.6) is 0 Å². The molecule has 0 saturated heterocycles. The highest BCUT2D eigenvalue weighted by Crippen LogP contribution is 2.24. The van der Waals surface area contributed by atoms with Gasteiger partial charge in [0.25, 0.3) is 5.56 Å². The molecule has 146 valence electrons. The summed E-state index contributed by atoms with van der Waals surface area (Å²) in [5.74, 6) is 0.216. The average Bonchev–Trinajstić information content (AvgIpc) is 2.71. The molecule has 0 aliphatic carbocycles. The standard InChI is InChI=1S/C20H19ClN2O4S/c1-26-10-9-23-18(24)16-8-7-15(21)11-17(16)22-20(23)28-12-13-3-5-14(6-4-13)19(25)27-2/h3-8,11H,9-10,12H2,1-2H3. The lowest BCUT2D eigenvalue weighted by atomic mass is 10.1. The van der Waals surface area contributed by atoms with Crippen molar-refractivity contribution in [3.8, 4) is 0 Å². The van der Waals surface area contributed by atoms with Crippen LogP contribution in [0.15, 0.2) is 52.4 Å². The van der Waals surface area contributed by atoms with Crippen molar-refractivity contribution in [2.75, 3.05) is 20.8 Å². The van der Waals surface area contributed by atoms with Crippen molar-refractivity contribution in [1.29, 1.82) is 0 Å². The molecule has 3 rings (SSSR count). The molecular weight excluding hydrogens is 400 g/mol. The second kappa shape index (κ2) is 9.23. The van der Waals surface area contributed by atoms with E-state index in [0.717, 1.165) is 5.56 Å².